The van der Waals surface area contributed by atoms with E-state index >= 15 is 0 Å². The number of hydrogen-bond donors (Lipinski definition) is 0. The minimum absolute atomic E-state index is 0.351. The van der Waals surface area contributed by atoms with Crippen LogP contribution < -0.4 is 4.74 Å². The highest BCUT2D eigenvalue weighted by Gasteiger charge is 2.14. The van der Waals surface area contributed by atoms with Gasteiger partial charge >= 0.3 is 0 Å². The van der Waals surface area contributed by atoms with E-state index in [0.717, 1.165) is 16.3 Å². The van der Waals surface area contributed by atoms with Gasteiger partial charge in [-0.2, -0.15) is 9.61 Å². The van der Waals surface area contributed by atoms with E-state index in [9.17, 15) is 4.39 Å². The fourth-order valence-electron chi connectivity index (χ4n) is 2.83. The standard InChI is InChI=1S/C20H17FN4OS/c1-13-7-8-17(26-2)14(11-13)12-27-19-10-9-18-22-23-20(25(18)24-19)15-5-3-4-6-16(15)21/h3-11H,12H2,1-2H3. The van der Waals surface area contributed by atoms with E-state index in [0.29, 0.717) is 22.8 Å². The van der Waals surface area contributed by atoms with Crippen LogP contribution in [-0.2, 0) is 5.75 Å². The Labute approximate surface area is 160 Å². The molecule has 136 valence electrons. The molecule has 0 spiro atoms. The van der Waals surface area contributed by atoms with Crippen molar-refractivity contribution in [1.29, 1.82) is 0 Å². The summed E-state index contributed by atoms with van der Waals surface area (Å²) in [7, 11) is 1.67. The summed E-state index contributed by atoms with van der Waals surface area (Å²) in [5.74, 6) is 1.60. The Morgan fingerprint density at radius 2 is 1.93 bits per heavy atom. The fourth-order valence-corrected chi connectivity index (χ4v) is 3.66. The second kappa shape index (κ2) is 7.36. The molecule has 0 aliphatic carbocycles. The Bertz CT molecular complexity index is 1110. The molecule has 0 unspecified atom stereocenters. The lowest BCUT2D eigenvalue weighted by atomic mass is 10.1. The highest BCUT2D eigenvalue weighted by molar-refractivity contribution is 7.98. The summed E-state index contributed by atoms with van der Waals surface area (Å²) in [4.78, 5) is 0. The van der Waals surface area contributed by atoms with Crippen molar-refractivity contribution in [2.45, 2.75) is 17.7 Å². The molecule has 4 rings (SSSR count). The van der Waals surface area contributed by atoms with Gasteiger partial charge in [0.1, 0.15) is 16.6 Å². The predicted molar refractivity (Wildman–Crippen MR) is 103 cm³/mol. The number of ether oxygens (including phenoxy) is 1. The van der Waals surface area contributed by atoms with Crippen LogP contribution >= 0.6 is 11.8 Å². The fraction of sp³-hybridized carbons (Fsp3) is 0.150. The van der Waals surface area contributed by atoms with Crippen LogP contribution in [0.25, 0.3) is 17.0 Å². The summed E-state index contributed by atoms with van der Waals surface area (Å²) >= 11 is 1.58. The highest BCUT2D eigenvalue weighted by Crippen LogP contribution is 2.28. The molecule has 0 aliphatic heterocycles. The van der Waals surface area contributed by atoms with Crippen LogP contribution in [0.4, 0.5) is 4.39 Å². The molecule has 2 aromatic carbocycles. The molecule has 0 atom stereocenters. The Hall–Kier alpha value is -2.93. The van der Waals surface area contributed by atoms with Crippen LogP contribution in [0.5, 0.6) is 5.75 Å². The van der Waals surface area contributed by atoms with E-state index in [1.165, 1.54) is 11.6 Å². The van der Waals surface area contributed by atoms with Crippen molar-refractivity contribution in [1.82, 2.24) is 19.8 Å². The molecule has 0 amide bonds. The van der Waals surface area contributed by atoms with Gasteiger partial charge in [-0.25, -0.2) is 4.39 Å². The molecular formula is C20H17FN4OS. The van der Waals surface area contributed by atoms with Gasteiger partial charge in [-0.1, -0.05) is 41.6 Å². The van der Waals surface area contributed by atoms with E-state index in [2.05, 4.69) is 28.3 Å². The zero-order valence-corrected chi connectivity index (χ0v) is 15.7. The average Bonchev–Trinajstić information content (AvgIpc) is 3.10. The quantitative estimate of drug-likeness (QED) is 0.476. The van der Waals surface area contributed by atoms with Crippen molar-refractivity contribution in [3.8, 4) is 17.1 Å². The Morgan fingerprint density at radius 3 is 2.74 bits per heavy atom. The lowest BCUT2D eigenvalue weighted by molar-refractivity contribution is 0.411. The molecule has 7 heteroatoms. The summed E-state index contributed by atoms with van der Waals surface area (Å²) < 4.78 is 21.2. The number of nitrogens with zero attached hydrogens (tertiary/aromatic N) is 4. The van der Waals surface area contributed by atoms with Gasteiger partial charge in [0.15, 0.2) is 11.5 Å². The van der Waals surface area contributed by atoms with Crippen LogP contribution in [0.1, 0.15) is 11.1 Å². The molecule has 0 bridgehead atoms. The lowest BCUT2D eigenvalue weighted by Crippen LogP contribution is -1.98. The smallest absolute Gasteiger partial charge is 0.188 e. The molecule has 0 saturated heterocycles. The lowest BCUT2D eigenvalue weighted by Gasteiger charge is -2.09. The van der Waals surface area contributed by atoms with Crippen LogP contribution in [0.2, 0.25) is 0 Å². The third-order valence-electron chi connectivity index (χ3n) is 4.16. The number of benzene rings is 2. The first-order valence-electron chi connectivity index (χ1n) is 8.39. The number of halogens is 1. The Balaban J connectivity index is 1.65. The van der Waals surface area contributed by atoms with Crippen molar-refractivity contribution in [3.05, 3.63) is 71.5 Å². The molecule has 5 nitrogen and oxygen atoms in total. The van der Waals surface area contributed by atoms with Crippen LogP contribution in [-0.4, -0.2) is 26.9 Å². The number of aryl methyl sites for hydroxylation is 1. The second-order valence-corrected chi connectivity index (χ2v) is 7.04. The van der Waals surface area contributed by atoms with Crippen LogP contribution in [0, 0.1) is 12.7 Å². The molecule has 0 aliphatic rings. The molecule has 2 heterocycles. The minimum atomic E-state index is -0.351. The summed E-state index contributed by atoms with van der Waals surface area (Å²) in [6, 6.07) is 16.3. The molecule has 2 aromatic heterocycles. The van der Waals surface area contributed by atoms with Gasteiger partial charge < -0.3 is 4.74 Å². The zero-order valence-electron chi connectivity index (χ0n) is 14.9. The maximum absolute atomic E-state index is 14.1. The van der Waals surface area contributed by atoms with Crippen molar-refractivity contribution in [2.24, 2.45) is 0 Å². The summed E-state index contributed by atoms with van der Waals surface area (Å²) in [6.07, 6.45) is 0. The van der Waals surface area contributed by atoms with E-state index in [1.807, 2.05) is 24.3 Å². The number of rotatable bonds is 5. The third kappa shape index (κ3) is 3.50. The molecule has 0 fully saturated rings. The molecule has 0 saturated carbocycles. The Kier molecular flexibility index (Phi) is 4.77. The molecular weight excluding hydrogens is 363 g/mol. The largest absolute Gasteiger partial charge is 0.496 e. The molecule has 0 radical (unpaired) electrons. The maximum atomic E-state index is 14.1. The number of hydrogen-bond acceptors (Lipinski definition) is 5. The van der Waals surface area contributed by atoms with E-state index in [1.54, 1.807) is 41.6 Å². The van der Waals surface area contributed by atoms with Crippen molar-refractivity contribution in [3.63, 3.8) is 0 Å². The molecule has 27 heavy (non-hydrogen) atoms. The normalized spacial score (nSPS) is 11.1. The first kappa shape index (κ1) is 17.5. The van der Waals surface area contributed by atoms with Crippen molar-refractivity contribution < 1.29 is 9.13 Å². The highest BCUT2D eigenvalue weighted by atomic mass is 32.2. The van der Waals surface area contributed by atoms with Crippen LogP contribution in [0.15, 0.2) is 59.6 Å². The topological polar surface area (TPSA) is 52.3 Å². The van der Waals surface area contributed by atoms with Crippen LogP contribution in [0.3, 0.4) is 0 Å². The number of thioether (sulfide) groups is 1. The first-order chi connectivity index (χ1) is 13.2. The van der Waals surface area contributed by atoms with Gasteiger partial charge in [0.05, 0.1) is 12.7 Å². The van der Waals surface area contributed by atoms with Gasteiger partial charge in [-0.15, -0.1) is 10.2 Å². The number of methoxy groups -OCH3 is 1. The van der Waals surface area contributed by atoms with Gasteiger partial charge in [-0.05, 0) is 37.3 Å². The van der Waals surface area contributed by atoms with Gasteiger partial charge in [0.25, 0.3) is 0 Å². The van der Waals surface area contributed by atoms with Gasteiger partial charge in [-0.3, -0.25) is 0 Å². The second-order valence-electron chi connectivity index (χ2n) is 6.05. The summed E-state index contributed by atoms with van der Waals surface area (Å²) in [5.41, 5.74) is 3.23. The SMILES string of the molecule is COc1ccc(C)cc1CSc1ccc2nnc(-c3ccccc3F)n2n1. The zero-order chi connectivity index (χ0) is 18.8. The van der Waals surface area contributed by atoms with Gasteiger partial charge in [0.2, 0.25) is 0 Å². The summed E-state index contributed by atoms with van der Waals surface area (Å²) in [5, 5.41) is 13.6. The van der Waals surface area contributed by atoms with Gasteiger partial charge in [0, 0.05) is 11.3 Å². The van der Waals surface area contributed by atoms with Crippen molar-refractivity contribution >= 4 is 17.4 Å². The minimum Gasteiger partial charge on any atom is -0.496 e. The first-order valence-corrected chi connectivity index (χ1v) is 9.38. The number of aromatic nitrogens is 4. The predicted octanol–water partition coefficient (Wildman–Crippen LogP) is 4.54. The maximum Gasteiger partial charge on any atom is 0.188 e. The Morgan fingerprint density at radius 1 is 1.07 bits per heavy atom. The van der Waals surface area contributed by atoms with E-state index < -0.39 is 0 Å². The summed E-state index contributed by atoms with van der Waals surface area (Å²) in [6.45, 7) is 2.05. The number of fused-ring (bicyclic) bond motifs is 1. The van der Waals surface area contributed by atoms with E-state index in [4.69, 9.17) is 4.74 Å². The average molecular weight is 380 g/mol. The molecule has 4 aromatic rings. The van der Waals surface area contributed by atoms with E-state index in [-0.39, 0.29) is 5.82 Å². The monoisotopic (exact) mass is 380 g/mol. The molecule has 0 N–H and O–H groups in total. The third-order valence-corrected chi connectivity index (χ3v) is 5.13. The van der Waals surface area contributed by atoms with Crippen molar-refractivity contribution in [2.75, 3.05) is 7.11 Å².